The first-order valence-electron chi connectivity index (χ1n) is 10.2. The molecule has 1 aromatic heterocycles. The fourth-order valence-electron chi connectivity index (χ4n) is 4.56. The highest BCUT2D eigenvalue weighted by Crippen LogP contribution is 2.48. The minimum Gasteiger partial charge on any atom is -0.396 e. The van der Waals surface area contributed by atoms with Crippen molar-refractivity contribution in [3.8, 4) is 0 Å². The van der Waals surface area contributed by atoms with Crippen molar-refractivity contribution in [3.05, 3.63) is 40.7 Å². The molecule has 0 saturated carbocycles. The molecule has 3 heterocycles. The van der Waals surface area contributed by atoms with Crippen LogP contribution in [-0.4, -0.2) is 69.4 Å². The topological polar surface area (TPSA) is 94.7 Å². The van der Waals surface area contributed by atoms with Gasteiger partial charge in [-0.3, -0.25) is 14.4 Å². The van der Waals surface area contributed by atoms with Crippen LogP contribution in [0.2, 0.25) is 5.02 Å². The molecule has 8 nitrogen and oxygen atoms in total. The molecule has 2 aliphatic heterocycles. The van der Waals surface area contributed by atoms with Gasteiger partial charge >= 0.3 is 0 Å². The number of fused-ring (bicyclic) bond motifs is 2. The number of amides is 1. The standard InChI is InChI=1S/C21H28ClN5O3/c1-20(13-28,14-29)12-27-11-16(23-24-27)10-26-7-5-21(6-8-26)17-9-15(22)3-4-18(17)25(2)19(21)30/h3-4,9,11,28-29H,5-8,10,12-14H2,1-2H3. The molecule has 0 bridgehead atoms. The Hall–Kier alpha value is -2.00. The lowest BCUT2D eigenvalue weighted by Gasteiger charge is -2.38. The second-order valence-corrected chi connectivity index (χ2v) is 9.35. The summed E-state index contributed by atoms with van der Waals surface area (Å²) in [6.07, 6.45) is 3.34. The molecular weight excluding hydrogens is 406 g/mol. The summed E-state index contributed by atoms with van der Waals surface area (Å²) in [4.78, 5) is 17.1. The zero-order valence-corrected chi connectivity index (χ0v) is 18.1. The molecule has 2 N–H and O–H groups in total. The highest BCUT2D eigenvalue weighted by Gasteiger charge is 2.51. The Balaban J connectivity index is 1.43. The largest absolute Gasteiger partial charge is 0.396 e. The third-order valence-electron chi connectivity index (χ3n) is 6.54. The van der Waals surface area contributed by atoms with Gasteiger partial charge < -0.3 is 15.1 Å². The number of hydrogen-bond donors (Lipinski definition) is 2. The van der Waals surface area contributed by atoms with Crippen molar-refractivity contribution in [2.24, 2.45) is 5.41 Å². The Bertz CT molecular complexity index is 934. The van der Waals surface area contributed by atoms with Crippen molar-refractivity contribution < 1.29 is 15.0 Å². The molecule has 4 rings (SSSR count). The Labute approximate surface area is 181 Å². The molecule has 0 atom stereocenters. The second-order valence-electron chi connectivity index (χ2n) is 8.92. The summed E-state index contributed by atoms with van der Waals surface area (Å²) in [5.74, 6) is 0.151. The van der Waals surface area contributed by atoms with Crippen molar-refractivity contribution in [3.63, 3.8) is 0 Å². The summed E-state index contributed by atoms with van der Waals surface area (Å²) in [6, 6.07) is 5.71. The molecular formula is C21H28ClN5O3. The predicted molar refractivity (Wildman–Crippen MR) is 113 cm³/mol. The lowest BCUT2D eigenvalue weighted by atomic mass is 9.73. The molecule has 9 heteroatoms. The van der Waals surface area contributed by atoms with Gasteiger partial charge in [0.15, 0.2) is 0 Å². The average Bonchev–Trinajstić information content (AvgIpc) is 3.26. The highest BCUT2D eigenvalue weighted by molar-refractivity contribution is 6.31. The number of benzene rings is 1. The number of rotatable bonds is 6. The number of piperidine rings is 1. The maximum Gasteiger partial charge on any atom is 0.237 e. The van der Waals surface area contributed by atoms with Crippen molar-refractivity contribution in [1.82, 2.24) is 19.9 Å². The van der Waals surface area contributed by atoms with Crippen molar-refractivity contribution in [1.29, 1.82) is 0 Å². The molecule has 1 spiro atoms. The number of carbonyl (C=O) groups excluding carboxylic acids is 1. The summed E-state index contributed by atoms with van der Waals surface area (Å²) >= 11 is 6.24. The molecule has 2 aromatic rings. The maximum absolute atomic E-state index is 13.1. The van der Waals surface area contributed by atoms with Crippen LogP contribution in [0.25, 0.3) is 0 Å². The van der Waals surface area contributed by atoms with Crippen LogP contribution in [0, 0.1) is 5.41 Å². The predicted octanol–water partition coefficient (Wildman–Crippen LogP) is 1.43. The number of nitrogens with zero attached hydrogens (tertiary/aromatic N) is 5. The minimum absolute atomic E-state index is 0.124. The Morgan fingerprint density at radius 2 is 1.93 bits per heavy atom. The number of likely N-dealkylation sites (N-methyl/N-ethyl adjacent to an activating group) is 1. The van der Waals surface area contributed by atoms with Gasteiger partial charge in [-0.05, 0) is 49.7 Å². The number of hydrogen-bond acceptors (Lipinski definition) is 6. The number of aliphatic hydroxyl groups excluding tert-OH is 2. The summed E-state index contributed by atoms with van der Waals surface area (Å²) in [5, 5.41) is 28.0. The average molecular weight is 434 g/mol. The van der Waals surface area contributed by atoms with E-state index in [1.165, 1.54) is 0 Å². The summed E-state index contributed by atoms with van der Waals surface area (Å²) in [6.45, 7) is 4.17. The van der Waals surface area contributed by atoms with E-state index in [0.717, 1.165) is 42.9 Å². The molecule has 30 heavy (non-hydrogen) atoms. The number of carbonyl (C=O) groups is 1. The summed E-state index contributed by atoms with van der Waals surface area (Å²) in [5.41, 5.74) is 1.71. The van der Waals surface area contributed by atoms with E-state index in [-0.39, 0.29) is 19.1 Å². The van der Waals surface area contributed by atoms with Crippen LogP contribution in [-0.2, 0) is 23.3 Å². The monoisotopic (exact) mass is 433 g/mol. The SMILES string of the molecule is CN1C(=O)C2(CCN(Cc3cn(CC(C)(CO)CO)nn3)CC2)c2cc(Cl)ccc21. The third kappa shape index (κ3) is 3.62. The molecule has 0 unspecified atom stereocenters. The molecule has 2 aliphatic rings. The lowest BCUT2D eigenvalue weighted by molar-refractivity contribution is -0.124. The van der Waals surface area contributed by atoms with E-state index in [9.17, 15) is 15.0 Å². The summed E-state index contributed by atoms with van der Waals surface area (Å²) < 4.78 is 1.67. The van der Waals surface area contributed by atoms with Gasteiger partial charge in [-0.25, -0.2) is 0 Å². The zero-order valence-electron chi connectivity index (χ0n) is 17.4. The summed E-state index contributed by atoms with van der Waals surface area (Å²) in [7, 11) is 1.83. The first-order valence-corrected chi connectivity index (χ1v) is 10.6. The molecule has 1 amide bonds. The molecule has 1 aromatic carbocycles. The van der Waals surface area contributed by atoms with Crippen LogP contribution in [0.15, 0.2) is 24.4 Å². The number of aromatic nitrogens is 3. The van der Waals surface area contributed by atoms with Gasteiger partial charge in [-0.15, -0.1) is 5.10 Å². The number of aliphatic hydroxyl groups is 2. The van der Waals surface area contributed by atoms with Crippen LogP contribution in [0.3, 0.4) is 0 Å². The molecule has 1 fully saturated rings. The fourth-order valence-corrected chi connectivity index (χ4v) is 4.74. The fraction of sp³-hybridized carbons (Fsp3) is 0.571. The van der Waals surface area contributed by atoms with Gasteiger partial charge in [0, 0.05) is 35.9 Å². The first-order chi connectivity index (χ1) is 14.3. The van der Waals surface area contributed by atoms with E-state index < -0.39 is 10.8 Å². The van der Waals surface area contributed by atoms with Gasteiger partial charge in [-0.2, -0.15) is 0 Å². The Morgan fingerprint density at radius 1 is 1.23 bits per heavy atom. The number of anilines is 1. The van der Waals surface area contributed by atoms with Crippen molar-refractivity contribution >= 4 is 23.2 Å². The number of likely N-dealkylation sites (tertiary alicyclic amines) is 1. The first kappa shape index (κ1) is 21.2. The van der Waals surface area contributed by atoms with E-state index in [2.05, 4.69) is 15.2 Å². The van der Waals surface area contributed by atoms with Crippen LogP contribution < -0.4 is 4.90 Å². The van der Waals surface area contributed by atoms with E-state index >= 15 is 0 Å². The maximum atomic E-state index is 13.1. The van der Waals surface area contributed by atoms with Crippen LogP contribution in [0.4, 0.5) is 5.69 Å². The molecule has 1 saturated heterocycles. The van der Waals surface area contributed by atoms with Gasteiger partial charge in [-0.1, -0.05) is 23.7 Å². The van der Waals surface area contributed by atoms with Crippen LogP contribution in [0.1, 0.15) is 31.0 Å². The minimum atomic E-state index is -0.633. The van der Waals surface area contributed by atoms with Crippen molar-refractivity contribution in [2.45, 2.75) is 38.3 Å². The molecule has 0 aliphatic carbocycles. The lowest BCUT2D eigenvalue weighted by Crippen LogP contribution is -2.47. The van der Waals surface area contributed by atoms with E-state index in [4.69, 9.17) is 11.6 Å². The number of halogens is 1. The van der Waals surface area contributed by atoms with Gasteiger partial charge in [0.25, 0.3) is 0 Å². The Kier molecular flexibility index (Phi) is 5.61. The van der Waals surface area contributed by atoms with Gasteiger partial charge in [0.1, 0.15) is 0 Å². The smallest absolute Gasteiger partial charge is 0.237 e. The molecule has 162 valence electrons. The van der Waals surface area contributed by atoms with Gasteiger partial charge in [0.05, 0.1) is 30.9 Å². The Morgan fingerprint density at radius 3 is 2.60 bits per heavy atom. The van der Waals surface area contributed by atoms with Crippen LogP contribution >= 0.6 is 11.6 Å². The highest BCUT2D eigenvalue weighted by atomic mass is 35.5. The van der Waals surface area contributed by atoms with E-state index in [0.29, 0.717) is 18.1 Å². The quantitative estimate of drug-likeness (QED) is 0.715. The second kappa shape index (κ2) is 7.92. The van der Waals surface area contributed by atoms with E-state index in [1.54, 1.807) is 16.5 Å². The van der Waals surface area contributed by atoms with Gasteiger partial charge in [0.2, 0.25) is 5.91 Å². The van der Waals surface area contributed by atoms with Crippen molar-refractivity contribution in [2.75, 3.05) is 38.3 Å². The van der Waals surface area contributed by atoms with E-state index in [1.807, 2.05) is 31.4 Å². The molecule has 0 radical (unpaired) electrons. The normalized spacial score (nSPS) is 19.0. The third-order valence-corrected chi connectivity index (χ3v) is 6.77. The van der Waals surface area contributed by atoms with Crippen LogP contribution in [0.5, 0.6) is 0 Å². The zero-order chi connectivity index (χ0) is 21.5.